The van der Waals surface area contributed by atoms with Crippen LogP contribution in [0.1, 0.15) is 11.6 Å². The Morgan fingerprint density at radius 1 is 1.54 bits per heavy atom. The summed E-state index contributed by atoms with van der Waals surface area (Å²) in [6.07, 6.45) is 1.31. The average molecular weight is 179 g/mol. The molecule has 2 rings (SSSR count). The van der Waals surface area contributed by atoms with E-state index in [0.717, 1.165) is 18.8 Å². The van der Waals surface area contributed by atoms with Crippen molar-refractivity contribution in [2.24, 2.45) is 0 Å². The Labute approximate surface area is 74.9 Å². The van der Waals surface area contributed by atoms with Crippen molar-refractivity contribution in [3.63, 3.8) is 0 Å². The van der Waals surface area contributed by atoms with Crippen LogP contribution in [0.3, 0.4) is 0 Å². The number of nitro groups is 1. The van der Waals surface area contributed by atoms with E-state index in [1.807, 2.05) is 0 Å². The lowest BCUT2D eigenvalue weighted by Crippen LogP contribution is -2.40. The van der Waals surface area contributed by atoms with E-state index in [9.17, 15) is 10.1 Å². The third kappa shape index (κ3) is 1.50. The fourth-order valence-corrected chi connectivity index (χ4v) is 1.24. The molecule has 68 valence electrons. The van der Waals surface area contributed by atoms with E-state index in [2.05, 4.69) is 10.3 Å². The van der Waals surface area contributed by atoms with Crippen LogP contribution in [-0.2, 0) is 0 Å². The van der Waals surface area contributed by atoms with Gasteiger partial charge in [-0.3, -0.25) is 15.1 Å². The molecule has 1 N–H and O–H groups in total. The standard InChI is InChI=1S/C8H9N3O2/c12-11(13)7-1-2-8(10-5-7)6-3-9-4-6/h1-2,5-6,9H,3-4H2. The summed E-state index contributed by atoms with van der Waals surface area (Å²) in [5.74, 6) is 0.431. The summed E-state index contributed by atoms with van der Waals surface area (Å²) in [6.45, 7) is 1.84. The Bertz CT molecular complexity index is 319. The monoisotopic (exact) mass is 179 g/mol. The smallest absolute Gasteiger partial charge is 0.287 e. The largest absolute Gasteiger partial charge is 0.315 e. The predicted molar refractivity (Wildman–Crippen MR) is 46.5 cm³/mol. The first-order chi connectivity index (χ1) is 6.27. The van der Waals surface area contributed by atoms with Crippen molar-refractivity contribution >= 4 is 5.69 Å². The zero-order valence-corrected chi connectivity index (χ0v) is 6.93. The number of aromatic nitrogens is 1. The van der Waals surface area contributed by atoms with E-state index in [-0.39, 0.29) is 5.69 Å². The first kappa shape index (κ1) is 8.12. The number of hydrogen-bond acceptors (Lipinski definition) is 4. The van der Waals surface area contributed by atoms with E-state index >= 15 is 0 Å². The molecule has 1 fully saturated rings. The average Bonchev–Trinajstić information content (AvgIpc) is 2.02. The van der Waals surface area contributed by atoms with Gasteiger partial charge in [0.1, 0.15) is 6.20 Å². The molecule has 1 saturated heterocycles. The van der Waals surface area contributed by atoms with Gasteiger partial charge >= 0.3 is 0 Å². The Hall–Kier alpha value is -1.49. The van der Waals surface area contributed by atoms with E-state index < -0.39 is 4.92 Å². The zero-order valence-electron chi connectivity index (χ0n) is 6.93. The Morgan fingerprint density at radius 2 is 2.31 bits per heavy atom. The summed E-state index contributed by atoms with van der Waals surface area (Å²) < 4.78 is 0. The predicted octanol–water partition coefficient (Wildman–Crippen LogP) is 0.677. The lowest BCUT2D eigenvalue weighted by molar-refractivity contribution is -0.385. The molecule has 5 heteroatoms. The van der Waals surface area contributed by atoms with Crippen LogP contribution < -0.4 is 5.32 Å². The second kappa shape index (κ2) is 3.10. The van der Waals surface area contributed by atoms with Crippen LogP contribution in [0.15, 0.2) is 18.3 Å². The van der Waals surface area contributed by atoms with Crippen LogP contribution in [0.2, 0.25) is 0 Å². The van der Waals surface area contributed by atoms with Crippen LogP contribution in [0.4, 0.5) is 5.69 Å². The summed E-state index contributed by atoms with van der Waals surface area (Å²) in [6, 6.07) is 3.23. The van der Waals surface area contributed by atoms with E-state index in [1.54, 1.807) is 6.07 Å². The molecule has 0 atom stereocenters. The lowest BCUT2D eigenvalue weighted by Gasteiger charge is -2.26. The van der Waals surface area contributed by atoms with Crippen molar-refractivity contribution in [3.05, 3.63) is 34.1 Å². The van der Waals surface area contributed by atoms with Gasteiger partial charge in [-0.1, -0.05) is 0 Å². The lowest BCUT2D eigenvalue weighted by atomic mass is 9.99. The minimum absolute atomic E-state index is 0.0519. The molecule has 0 bridgehead atoms. The molecule has 0 amide bonds. The maximum absolute atomic E-state index is 10.3. The highest BCUT2D eigenvalue weighted by atomic mass is 16.6. The molecule has 1 aliphatic rings. The minimum Gasteiger partial charge on any atom is -0.315 e. The summed E-state index contributed by atoms with van der Waals surface area (Å²) in [7, 11) is 0. The molecule has 0 spiro atoms. The van der Waals surface area contributed by atoms with Gasteiger partial charge in [-0.2, -0.15) is 0 Å². The highest BCUT2D eigenvalue weighted by Gasteiger charge is 2.20. The van der Waals surface area contributed by atoms with Gasteiger partial charge in [0.25, 0.3) is 5.69 Å². The van der Waals surface area contributed by atoms with Gasteiger partial charge in [-0.15, -0.1) is 0 Å². The van der Waals surface area contributed by atoms with Crippen LogP contribution in [0.25, 0.3) is 0 Å². The first-order valence-electron chi connectivity index (χ1n) is 4.08. The van der Waals surface area contributed by atoms with Crippen molar-refractivity contribution in [1.29, 1.82) is 0 Å². The van der Waals surface area contributed by atoms with E-state index in [1.165, 1.54) is 12.3 Å². The molecular formula is C8H9N3O2. The molecule has 0 aromatic carbocycles. The Morgan fingerprint density at radius 3 is 2.69 bits per heavy atom. The molecule has 5 nitrogen and oxygen atoms in total. The van der Waals surface area contributed by atoms with Gasteiger partial charge in [0.05, 0.1) is 4.92 Å². The van der Waals surface area contributed by atoms with Gasteiger partial charge in [-0.25, -0.2) is 0 Å². The van der Waals surface area contributed by atoms with E-state index in [0.29, 0.717) is 5.92 Å². The van der Waals surface area contributed by atoms with Gasteiger partial charge in [-0.05, 0) is 6.07 Å². The van der Waals surface area contributed by atoms with Gasteiger partial charge in [0.15, 0.2) is 0 Å². The summed E-state index contributed by atoms with van der Waals surface area (Å²) in [4.78, 5) is 13.9. The Kier molecular flexibility index (Phi) is 1.94. The molecule has 0 radical (unpaired) electrons. The highest BCUT2D eigenvalue weighted by molar-refractivity contribution is 5.28. The topological polar surface area (TPSA) is 68.1 Å². The third-order valence-electron chi connectivity index (χ3n) is 2.18. The summed E-state index contributed by atoms with van der Waals surface area (Å²) in [5.41, 5.74) is 0.986. The fourth-order valence-electron chi connectivity index (χ4n) is 1.24. The highest BCUT2D eigenvalue weighted by Crippen LogP contribution is 2.19. The summed E-state index contributed by atoms with van der Waals surface area (Å²) >= 11 is 0. The summed E-state index contributed by atoms with van der Waals surface area (Å²) in [5, 5.41) is 13.4. The second-order valence-electron chi connectivity index (χ2n) is 3.05. The molecule has 1 aromatic heterocycles. The van der Waals surface area contributed by atoms with Crippen LogP contribution in [0.5, 0.6) is 0 Å². The van der Waals surface area contributed by atoms with E-state index in [4.69, 9.17) is 0 Å². The molecule has 0 unspecified atom stereocenters. The molecule has 0 aliphatic carbocycles. The maximum atomic E-state index is 10.3. The molecule has 13 heavy (non-hydrogen) atoms. The first-order valence-corrected chi connectivity index (χ1v) is 4.08. The number of pyridine rings is 1. The van der Waals surface area contributed by atoms with Crippen LogP contribution in [0, 0.1) is 10.1 Å². The van der Waals surface area contributed by atoms with Crippen molar-refractivity contribution in [2.75, 3.05) is 13.1 Å². The third-order valence-corrected chi connectivity index (χ3v) is 2.18. The number of rotatable bonds is 2. The fraction of sp³-hybridized carbons (Fsp3) is 0.375. The normalized spacial score (nSPS) is 16.6. The van der Waals surface area contributed by atoms with Gasteiger partial charge in [0, 0.05) is 30.8 Å². The molecule has 1 aromatic rings. The molecule has 0 saturated carbocycles. The molecule has 2 heterocycles. The van der Waals surface area contributed by atoms with Crippen molar-refractivity contribution in [3.8, 4) is 0 Å². The van der Waals surface area contributed by atoms with Gasteiger partial charge in [0.2, 0.25) is 0 Å². The SMILES string of the molecule is O=[N+]([O-])c1ccc(C2CNC2)nc1. The minimum atomic E-state index is -0.435. The van der Waals surface area contributed by atoms with Crippen LogP contribution in [-0.4, -0.2) is 23.0 Å². The molecule has 1 aliphatic heterocycles. The quantitative estimate of drug-likeness (QED) is 0.535. The maximum Gasteiger partial charge on any atom is 0.287 e. The van der Waals surface area contributed by atoms with Crippen LogP contribution >= 0.6 is 0 Å². The second-order valence-corrected chi connectivity index (χ2v) is 3.05. The Balaban J connectivity index is 2.17. The zero-order chi connectivity index (χ0) is 9.26. The number of nitrogens with one attached hydrogen (secondary N) is 1. The van der Waals surface area contributed by atoms with Crippen molar-refractivity contribution < 1.29 is 4.92 Å². The van der Waals surface area contributed by atoms with Crippen molar-refractivity contribution in [2.45, 2.75) is 5.92 Å². The number of hydrogen-bond donors (Lipinski definition) is 1. The van der Waals surface area contributed by atoms with Gasteiger partial charge < -0.3 is 5.32 Å². The molecular weight excluding hydrogens is 170 g/mol. The number of nitrogens with zero attached hydrogens (tertiary/aromatic N) is 2. The van der Waals surface area contributed by atoms with Crippen molar-refractivity contribution in [1.82, 2.24) is 10.3 Å².